The van der Waals surface area contributed by atoms with Gasteiger partial charge in [-0.2, -0.15) is 0 Å². The molecule has 2 N–H and O–H groups in total. The lowest BCUT2D eigenvalue weighted by molar-refractivity contribution is -0.120. The molecule has 1 aliphatic rings. The summed E-state index contributed by atoms with van der Waals surface area (Å²) >= 11 is 0. The zero-order chi connectivity index (χ0) is 15.0. The van der Waals surface area contributed by atoms with Gasteiger partial charge in [0.05, 0.1) is 5.69 Å². The topological polar surface area (TPSA) is 99.6 Å². The number of carbonyl (C=O) groups is 3. The van der Waals surface area contributed by atoms with Gasteiger partial charge in [0, 0.05) is 29.9 Å². The smallest absolute Gasteiger partial charge is 0.354 e. The summed E-state index contributed by atoms with van der Waals surface area (Å²) in [7, 11) is 0. The van der Waals surface area contributed by atoms with Crippen LogP contribution in [0.3, 0.4) is 0 Å². The highest BCUT2D eigenvalue weighted by molar-refractivity contribution is 6.10. The molecule has 2 aromatic rings. The lowest BCUT2D eigenvalue weighted by Gasteiger charge is -2.27. The van der Waals surface area contributed by atoms with Gasteiger partial charge in [-0.25, -0.2) is 14.6 Å². The number of aromatic carboxylic acids is 1. The average molecular weight is 285 g/mol. The number of rotatable bonds is 2. The maximum atomic E-state index is 11.9. The zero-order valence-corrected chi connectivity index (χ0v) is 10.9. The number of aromatic nitrogens is 1. The first-order valence-electron chi connectivity index (χ1n) is 6.29. The van der Waals surface area contributed by atoms with E-state index in [4.69, 9.17) is 5.11 Å². The number of benzene rings is 1. The van der Waals surface area contributed by atoms with Gasteiger partial charge in [-0.15, -0.1) is 0 Å². The molecule has 1 aromatic heterocycles. The fourth-order valence-corrected chi connectivity index (χ4v) is 2.30. The molecule has 2 heterocycles. The number of nitrogens with one attached hydrogen (secondary N) is 1. The van der Waals surface area contributed by atoms with Crippen molar-refractivity contribution in [2.24, 2.45) is 0 Å². The van der Waals surface area contributed by atoms with Crippen molar-refractivity contribution in [3.05, 3.63) is 36.2 Å². The Hall–Kier alpha value is -2.96. The highest BCUT2D eigenvalue weighted by Gasteiger charge is 2.25. The molecule has 1 saturated heterocycles. The second kappa shape index (κ2) is 4.86. The van der Waals surface area contributed by atoms with Crippen molar-refractivity contribution in [1.29, 1.82) is 0 Å². The number of carboxylic acid groups (broad SMARTS) is 1. The number of anilines is 1. The number of urea groups is 1. The van der Waals surface area contributed by atoms with Gasteiger partial charge in [-0.3, -0.25) is 15.0 Å². The number of fused-ring (bicyclic) bond motifs is 1. The second-order valence-electron chi connectivity index (χ2n) is 4.63. The third-order valence-electron chi connectivity index (χ3n) is 3.30. The minimum absolute atomic E-state index is 0.0940. The SMILES string of the molecule is O=C1CCN(c2cccc3cnc(C(=O)O)cc23)C(=O)N1. The number of amides is 3. The van der Waals surface area contributed by atoms with Crippen LogP contribution in [0.4, 0.5) is 10.5 Å². The average Bonchev–Trinajstić information content (AvgIpc) is 2.46. The van der Waals surface area contributed by atoms with E-state index in [0.717, 1.165) is 5.39 Å². The molecule has 0 spiro atoms. The molecular weight excluding hydrogens is 274 g/mol. The largest absolute Gasteiger partial charge is 0.477 e. The van der Waals surface area contributed by atoms with E-state index in [-0.39, 0.29) is 24.6 Å². The molecule has 0 unspecified atom stereocenters. The number of pyridine rings is 1. The second-order valence-corrected chi connectivity index (χ2v) is 4.63. The molecule has 3 rings (SSSR count). The Balaban J connectivity index is 2.13. The molecule has 106 valence electrons. The molecule has 21 heavy (non-hydrogen) atoms. The summed E-state index contributed by atoms with van der Waals surface area (Å²) in [6.07, 6.45) is 1.66. The van der Waals surface area contributed by atoms with Crippen LogP contribution in [0, 0.1) is 0 Å². The Bertz CT molecular complexity index is 772. The molecule has 7 nitrogen and oxygen atoms in total. The van der Waals surface area contributed by atoms with E-state index >= 15 is 0 Å². The van der Waals surface area contributed by atoms with Gasteiger partial charge in [0.1, 0.15) is 5.69 Å². The van der Waals surface area contributed by atoms with E-state index in [0.29, 0.717) is 11.1 Å². The molecule has 0 aliphatic carbocycles. The van der Waals surface area contributed by atoms with Crippen LogP contribution in [0.5, 0.6) is 0 Å². The van der Waals surface area contributed by atoms with Gasteiger partial charge in [-0.05, 0) is 12.1 Å². The number of imide groups is 1. The first-order chi connectivity index (χ1) is 10.1. The first kappa shape index (κ1) is 13.0. The van der Waals surface area contributed by atoms with Crippen LogP contribution in [-0.4, -0.2) is 34.5 Å². The van der Waals surface area contributed by atoms with Crippen LogP contribution in [0.25, 0.3) is 10.8 Å². The number of hydrogen-bond acceptors (Lipinski definition) is 4. The van der Waals surface area contributed by atoms with Gasteiger partial charge >= 0.3 is 12.0 Å². The Labute approximate surface area is 119 Å². The fraction of sp³-hybridized carbons (Fsp3) is 0.143. The molecule has 0 atom stereocenters. The summed E-state index contributed by atoms with van der Waals surface area (Å²) in [6.45, 7) is 0.258. The van der Waals surface area contributed by atoms with Gasteiger partial charge in [-0.1, -0.05) is 12.1 Å². The minimum Gasteiger partial charge on any atom is -0.477 e. The van der Waals surface area contributed by atoms with Crippen LogP contribution in [0.2, 0.25) is 0 Å². The molecular formula is C14H11N3O4. The van der Waals surface area contributed by atoms with E-state index in [1.165, 1.54) is 17.2 Å². The lowest BCUT2D eigenvalue weighted by Crippen LogP contribution is -2.49. The molecule has 7 heteroatoms. The van der Waals surface area contributed by atoms with E-state index < -0.39 is 12.0 Å². The van der Waals surface area contributed by atoms with Crippen LogP contribution in [0.15, 0.2) is 30.5 Å². The zero-order valence-electron chi connectivity index (χ0n) is 10.9. The Morgan fingerprint density at radius 1 is 1.33 bits per heavy atom. The van der Waals surface area contributed by atoms with Crippen molar-refractivity contribution in [1.82, 2.24) is 10.3 Å². The maximum absolute atomic E-state index is 11.9. The molecule has 0 bridgehead atoms. The van der Waals surface area contributed by atoms with Gasteiger partial charge < -0.3 is 5.11 Å². The van der Waals surface area contributed by atoms with Crippen molar-refractivity contribution in [3.63, 3.8) is 0 Å². The summed E-state index contributed by atoms with van der Waals surface area (Å²) in [6, 6.07) is 6.17. The summed E-state index contributed by atoms with van der Waals surface area (Å²) < 4.78 is 0. The van der Waals surface area contributed by atoms with Crippen molar-refractivity contribution in [3.8, 4) is 0 Å². The number of carboxylic acids is 1. The fourth-order valence-electron chi connectivity index (χ4n) is 2.30. The van der Waals surface area contributed by atoms with Crippen molar-refractivity contribution >= 4 is 34.4 Å². The van der Waals surface area contributed by atoms with Crippen LogP contribution in [0.1, 0.15) is 16.9 Å². The van der Waals surface area contributed by atoms with Crippen LogP contribution >= 0.6 is 0 Å². The monoisotopic (exact) mass is 285 g/mol. The summed E-state index contributed by atoms with van der Waals surface area (Å²) in [4.78, 5) is 39.5. The molecule has 0 radical (unpaired) electrons. The number of carbonyl (C=O) groups excluding carboxylic acids is 2. The summed E-state index contributed by atoms with van der Waals surface area (Å²) in [5.41, 5.74) is 0.464. The third-order valence-corrected chi connectivity index (χ3v) is 3.30. The normalized spacial score (nSPS) is 15.1. The molecule has 1 fully saturated rings. The van der Waals surface area contributed by atoms with Crippen LogP contribution in [-0.2, 0) is 4.79 Å². The maximum Gasteiger partial charge on any atom is 0.354 e. The number of nitrogens with zero attached hydrogens (tertiary/aromatic N) is 2. The van der Waals surface area contributed by atoms with E-state index in [9.17, 15) is 14.4 Å². The highest BCUT2D eigenvalue weighted by Crippen LogP contribution is 2.28. The molecule has 1 aromatic carbocycles. The van der Waals surface area contributed by atoms with Crippen molar-refractivity contribution in [2.45, 2.75) is 6.42 Å². The van der Waals surface area contributed by atoms with Crippen LogP contribution < -0.4 is 10.2 Å². The van der Waals surface area contributed by atoms with Gasteiger partial charge in [0.2, 0.25) is 5.91 Å². The minimum atomic E-state index is -1.13. The Kier molecular flexibility index (Phi) is 3.02. The summed E-state index contributed by atoms with van der Waals surface area (Å²) in [5.74, 6) is -1.45. The van der Waals surface area contributed by atoms with E-state index in [1.807, 2.05) is 0 Å². The first-order valence-corrected chi connectivity index (χ1v) is 6.29. The third kappa shape index (κ3) is 2.29. The number of hydrogen-bond donors (Lipinski definition) is 2. The van der Waals surface area contributed by atoms with Gasteiger partial charge in [0.15, 0.2) is 0 Å². The van der Waals surface area contributed by atoms with Gasteiger partial charge in [0.25, 0.3) is 0 Å². The summed E-state index contributed by atoms with van der Waals surface area (Å²) in [5, 5.41) is 12.6. The van der Waals surface area contributed by atoms with Crippen molar-refractivity contribution in [2.75, 3.05) is 11.4 Å². The van der Waals surface area contributed by atoms with Crippen molar-refractivity contribution < 1.29 is 19.5 Å². The molecule has 1 aliphatic heterocycles. The quantitative estimate of drug-likeness (QED) is 0.868. The Morgan fingerprint density at radius 3 is 2.86 bits per heavy atom. The molecule has 3 amide bonds. The van der Waals surface area contributed by atoms with E-state index in [1.54, 1.807) is 18.2 Å². The Morgan fingerprint density at radius 2 is 2.14 bits per heavy atom. The predicted molar refractivity (Wildman–Crippen MR) is 74.2 cm³/mol. The standard InChI is InChI=1S/C14H11N3O4/c18-12-4-5-17(14(21)16-12)11-3-1-2-8-7-15-10(13(19)20)6-9(8)11/h1-3,6-7H,4-5H2,(H,19,20)(H,16,18,21). The lowest BCUT2D eigenvalue weighted by atomic mass is 10.1. The molecule has 0 saturated carbocycles. The highest BCUT2D eigenvalue weighted by atomic mass is 16.4. The van der Waals surface area contributed by atoms with E-state index in [2.05, 4.69) is 10.3 Å². The predicted octanol–water partition coefficient (Wildman–Crippen LogP) is 1.38.